The highest BCUT2D eigenvalue weighted by atomic mass is 79.9. The molecule has 0 aliphatic carbocycles. The number of anilines is 1. The van der Waals surface area contributed by atoms with E-state index in [1.165, 1.54) is 0 Å². The summed E-state index contributed by atoms with van der Waals surface area (Å²) in [5, 5.41) is 0.182. The largest absolute Gasteiger partial charge is 0.414 e. The normalized spacial score (nSPS) is 17.7. The lowest BCUT2D eigenvalue weighted by Crippen LogP contribution is -2.47. The van der Waals surface area contributed by atoms with Crippen LogP contribution in [0.3, 0.4) is 0 Å². The third kappa shape index (κ3) is 4.14. The minimum Gasteiger partial charge on any atom is -0.414 e. The van der Waals surface area contributed by atoms with Crippen LogP contribution in [-0.4, -0.2) is 27.5 Å². The quantitative estimate of drug-likeness (QED) is 0.470. The second-order valence-electron chi connectivity index (χ2n) is 7.76. The molecule has 0 radical (unpaired) electrons. The van der Waals surface area contributed by atoms with Gasteiger partial charge in [0.2, 0.25) is 0 Å². The topological polar surface area (TPSA) is 12.5 Å². The summed E-state index contributed by atoms with van der Waals surface area (Å²) >= 11 is 3.33. The second-order valence-corrected chi connectivity index (χ2v) is 13.4. The zero-order valence-corrected chi connectivity index (χ0v) is 17.1. The molecule has 6 heteroatoms. The molecule has 1 aliphatic rings. The fourth-order valence-corrected chi connectivity index (χ4v) is 4.58. The van der Waals surface area contributed by atoms with Crippen LogP contribution in [0.1, 0.15) is 33.6 Å². The van der Waals surface area contributed by atoms with Crippen molar-refractivity contribution < 1.29 is 13.2 Å². The van der Waals surface area contributed by atoms with Gasteiger partial charge in [-0.25, -0.2) is 8.78 Å². The van der Waals surface area contributed by atoms with E-state index in [4.69, 9.17) is 4.43 Å². The van der Waals surface area contributed by atoms with Crippen molar-refractivity contribution in [2.45, 2.75) is 57.8 Å². The van der Waals surface area contributed by atoms with Crippen molar-refractivity contribution >= 4 is 29.9 Å². The molecule has 0 bridgehead atoms. The summed E-state index contributed by atoms with van der Waals surface area (Å²) in [5.41, 5.74) is 0.329. The number of hydrogen-bond donors (Lipinski definition) is 0. The van der Waals surface area contributed by atoms with E-state index < -0.39 is 20.0 Å². The molecule has 0 amide bonds. The smallest absolute Gasteiger partial charge is 0.192 e. The molecule has 1 aromatic carbocycles. The molecule has 1 heterocycles. The SMILES string of the molecule is CC(C)(C)[Si](C)(C)OC1CCN(c2c(Br)ccc(F)c2F)CC1. The van der Waals surface area contributed by atoms with Crippen LogP contribution < -0.4 is 4.90 Å². The van der Waals surface area contributed by atoms with Gasteiger partial charge in [0, 0.05) is 23.7 Å². The standard InChI is InChI=1S/C17H26BrF2NOSi/c1-17(2,3)23(4,5)22-12-8-10-21(11-9-12)16-13(18)6-7-14(19)15(16)20/h6-7,12H,8-11H2,1-5H3. The third-order valence-corrected chi connectivity index (χ3v) is 10.2. The summed E-state index contributed by atoms with van der Waals surface area (Å²) in [6, 6.07) is 2.71. The highest BCUT2D eigenvalue weighted by Crippen LogP contribution is 2.39. The summed E-state index contributed by atoms with van der Waals surface area (Å²) in [7, 11) is -1.79. The van der Waals surface area contributed by atoms with Gasteiger partial charge in [0.25, 0.3) is 0 Å². The van der Waals surface area contributed by atoms with Gasteiger partial charge >= 0.3 is 0 Å². The van der Waals surface area contributed by atoms with Crippen molar-refractivity contribution in [2.24, 2.45) is 0 Å². The highest BCUT2D eigenvalue weighted by molar-refractivity contribution is 9.10. The predicted octanol–water partition coefficient (Wildman–Crippen LogP) is 5.72. The first-order valence-electron chi connectivity index (χ1n) is 8.09. The van der Waals surface area contributed by atoms with E-state index in [-0.39, 0.29) is 11.1 Å². The van der Waals surface area contributed by atoms with Gasteiger partial charge in [0.1, 0.15) is 0 Å². The van der Waals surface area contributed by atoms with Crippen LogP contribution in [0.2, 0.25) is 18.1 Å². The number of halogens is 3. The van der Waals surface area contributed by atoms with Crippen molar-refractivity contribution in [3.8, 4) is 0 Å². The van der Waals surface area contributed by atoms with E-state index in [0.717, 1.165) is 18.9 Å². The molecule has 2 rings (SSSR count). The average Bonchev–Trinajstić information content (AvgIpc) is 2.44. The van der Waals surface area contributed by atoms with Crippen LogP contribution in [0.5, 0.6) is 0 Å². The van der Waals surface area contributed by atoms with Gasteiger partial charge < -0.3 is 9.33 Å². The Morgan fingerprint density at radius 2 is 1.74 bits per heavy atom. The second kappa shape index (κ2) is 6.80. The van der Waals surface area contributed by atoms with E-state index in [0.29, 0.717) is 23.2 Å². The van der Waals surface area contributed by atoms with Gasteiger partial charge in [-0.3, -0.25) is 0 Å². The van der Waals surface area contributed by atoms with Crippen molar-refractivity contribution in [1.29, 1.82) is 0 Å². The van der Waals surface area contributed by atoms with Gasteiger partial charge in [-0.1, -0.05) is 20.8 Å². The molecule has 0 atom stereocenters. The van der Waals surface area contributed by atoms with E-state index in [2.05, 4.69) is 49.8 Å². The Morgan fingerprint density at radius 3 is 2.26 bits per heavy atom. The van der Waals surface area contributed by atoms with Gasteiger partial charge in [-0.2, -0.15) is 0 Å². The lowest BCUT2D eigenvalue weighted by atomic mass is 10.1. The molecule has 1 aliphatic heterocycles. The van der Waals surface area contributed by atoms with Crippen LogP contribution in [0, 0.1) is 11.6 Å². The molecule has 0 spiro atoms. The Bertz CT molecular complexity index is 566. The predicted molar refractivity (Wildman–Crippen MR) is 97.6 cm³/mol. The van der Waals surface area contributed by atoms with Crippen LogP contribution in [-0.2, 0) is 4.43 Å². The maximum Gasteiger partial charge on any atom is 0.192 e. The number of rotatable bonds is 3. The molecule has 1 fully saturated rings. The average molecular weight is 406 g/mol. The van der Waals surface area contributed by atoms with E-state index in [1.807, 2.05) is 4.90 Å². The van der Waals surface area contributed by atoms with E-state index in [1.54, 1.807) is 6.07 Å². The van der Waals surface area contributed by atoms with Gasteiger partial charge in [0.05, 0.1) is 5.69 Å². The van der Waals surface area contributed by atoms with Crippen LogP contribution >= 0.6 is 15.9 Å². The van der Waals surface area contributed by atoms with Gasteiger partial charge in [-0.15, -0.1) is 0 Å². The maximum absolute atomic E-state index is 14.1. The Kier molecular flexibility index (Phi) is 5.58. The molecule has 0 unspecified atom stereocenters. The summed E-state index contributed by atoms with van der Waals surface area (Å²) in [6.45, 7) is 12.6. The molecule has 130 valence electrons. The fraction of sp³-hybridized carbons (Fsp3) is 0.647. The minimum absolute atomic E-state index is 0.182. The molecule has 0 saturated carbocycles. The zero-order chi connectivity index (χ0) is 17.4. The van der Waals surface area contributed by atoms with Crippen LogP contribution in [0.4, 0.5) is 14.5 Å². The number of nitrogens with zero attached hydrogens (tertiary/aromatic N) is 1. The fourth-order valence-electron chi connectivity index (χ4n) is 2.60. The molecule has 0 aromatic heterocycles. The zero-order valence-electron chi connectivity index (χ0n) is 14.5. The van der Waals surface area contributed by atoms with Crippen molar-refractivity contribution in [1.82, 2.24) is 0 Å². The summed E-state index contributed by atoms with van der Waals surface area (Å²) in [6.07, 6.45) is 1.90. The van der Waals surface area contributed by atoms with Crippen molar-refractivity contribution in [2.75, 3.05) is 18.0 Å². The lowest BCUT2D eigenvalue weighted by molar-refractivity contribution is 0.152. The summed E-state index contributed by atoms with van der Waals surface area (Å²) in [4.78, 5) is 1.91. The van der Waals surface area contributed by atoms with Crippen LogP contribution in [0.15, 0.2) is 16.6 Å². The van der Waals surface area contributed by atoms with Crippen LogP contribution in [0.25, 0.3) is 0 Å². The maximum atomic E-state index is 14.1. The molecular formula is C17H26BrF2NOSi. The molecule has 1 saturated heterocycles. The molecule has 1 aromatic rings. The van der Waals surface area contributed by atoms with Crippen molar-refractivity contribution in [3.05, 3.63) is 28.2 Å². The molecule has 0 N–H and O–H groups in total. The molecule has 23 heavy (non-hydrogen) atoms. The molecular weight excluding hydrogens is 380 g/mol. The Balaban J connectivity index is 2.04. The lowest BCUT2D eigenvalue weighted by Gasteiger charge is -2.42. The first-order chi connectivity index (χ1) is 10.5. The van der Waals surface area contributed by atoms with E-state index >= 15 is 0 Å². The Morgan fingerprint density at radius 1 is 1.17 bits per heavy atom. The van der Waals surface area contributed by atoms with Gasteiger partial charge in [0.15, 0.2) is 20.0 Å². The number of hydrogen-bond acceptors (Lipinski definition) is 2. The number of piperidine rings is 1. The first kappa shape index (κ1) is 18.9. The highest BCUT2D eigenvalue weighted by Gasteiger charge is 2.39. The summed E-state index contributed by atoms with van der Waals surface area (Å²) < 4.78 is 34.6. The Hall–Kier alpha value is -0.463. The summed E-state index contributed by atoms with van der Waals surface area (Å²) in [5.74, 6) is -1.58. The third-order valence-electron chi connectivity index (χ3n) is 5.05. The monoisotopic (exact) mass is 405 g/mol. The minimum atomic E-state index is -1.79. The van der Waals surface area contributed by atoms with Gasteiger partial charge in [-0.05, 0) is 59.0 Å². The van der Waals surface area contributed by atoms with E-state index in [9.17, 15) is 8.78 Å². The van der Waals surface area contributed by atoms with Crippen molar-refractivity contribution in [3.63, 3.8) is 0 Å². The first-order valence-corrected chi connectivity index (χ1v) is 11.8. The Labute approximate surface area is 147 Å². The molecule has 2 nitrogen and oxygen atoms in total. The number of benzene rings is 1.